The van der Waals surface area contributed by atoms with E-state index in [0.717, 1.165) is 32.1 Å². The minimum atomic E-state index is -0.609. The topological polar surface area (TPSA) is 33.2 Å². The molecule has 1 aliphatic heterocycles. The molecule has 0 bridgehead atoms. The number of nitrogens with zero attached hydrogens (tertiary/aromatic N) is 2. The average molecular weight is 264 g/mol. The molecule has 0 spiro atoms. The van der Waals surface area contributed by atoms with Gasteiger partial charge in [-0.3, -0.25) is 14.7 Å². The van der Waals surface area contributed by atoms with E-state index in [9.17, 15) is 9.18 Å². The second-order valence-corrected chi connectivity index (χ2v) is 5.36. The van der Waals surface area contributed by atoms with Gasteiger partial charge in [-0.1, -0.05) is 13.3 Å². The van der Waals surface area contributed by atoms with Crippen molar-refractivity contribution < 1.29 is 9.18 Å². The summed E-state index contributed by atoms with van der Waals surface area (Å²) in [6, 6.07) is 1.48. The Morgan fingerprint density at radius 1 is 1.42 bits per heavy atom. The summed E-state index contributed by atoms with van der Waals surface area (Å²) >= 11 is 0. The predicted molar refractivity (Wildman–Crippen MR) is 72.6 cm³/mol. The average Bonchev–Trinajstić information content (AvgIpc) is 2.47. The highest BCUT2D eigenvalue weighted by atomic mass is 19.1. The van der Waals surface area contributed by atoms with E-state index in [-0.39, 0.29) is 11.3 Å². The molecule has 2 heterocycles. The van der Waals surface area contributed by atoms with E-state index in [1.54, 1.807) is 0 Å². The van der Waals surface area contributed by atoms with E-state index in [4.69, 9.17) is 0 Å². The summed E-state index contributed by atoms with van der Waals surface area (Å²) in [4.78, 5) is 18.6. The molecule has 1 fully saturated rings. The Kier molecular flexibility index (Phi) is 4.30. The van der Waals surface area contributed by atoms with Crippen LogP contribution in [0.4, 0.5) is 4.39 Å². The number of aromatic nitrogens is 1. The number of piperidine rings is 1. The van der Waals surface area contributed by atoms with Crippen LogP contribution in [0.3, 0.4) is 0 Å². The first-order valence-corrected chi connectivity index (χ1v) is 6.99. The van der Waals surface area contributed by atoms with Gasteiger partial charge in [0, 0.05) is 6.20 Å². The summed E-state index contributed by atoms with van der Waals surface area (Å²) in [7, 11) is 0. The van der Waals surface area contributed by atoms with E-state index in [1.165, 1.54) is 18.7 Å². The Morgan fingerprint density at radius 2 is 2.11 bits per heavy atom. The number of halogens is 1. The van der Waals surface area contributed by atoms with Crippen molar-refractivity contribution in [2.24, 2.45) is 0 Å². The van der Waals surface area contributed by atoms with Crippen LogP contribution < -0.4 is 0 Å². The van der Waals surface area contributed by atoms with Gasteiger partial charge < -0.3 is 0 Å². The molecule has 1 atom stereocenters. The zero-order valence-corrected chi connectivity index (χ0v) is 11.7. The second-order valence-electron chi connectivity index (χ2n) is 5.36. The minimum absolute atomic E-state index is 0.128. The van der Waals surface area contributed by atoms with Crippen LogP contribution in [0.2, 0.25) is 0 Å². The summed E-state index contributed by atoms with van der Waals surface area (Å²) in [5, 5.41) is 0. The normalized spacial score (nSPS) is 19.9. The smallest absolute Gasteiger partial charge is 0.185 e. The van der Waals surface area contributed by atoms with Gasteiger partial charge in [0.05, 0.1) is 17.3 Å². The highest BCUT2D eigenvalue weighted by Crippen LogP contribution is 2.28. The molecule has 4 heteroatoms. The van der Waals surface area contributed by atoms with Crippen LogP contribution >= 0.6 is 0 Å². The van der Waals surface area contributed by atoms with Gasteiger partial charge in [0.1, 0.15) is 0 Å². The number of pyridine rings is 1. The first-order valence-electron chi connectivity index (χ1n) is 6.99. The highest BCUT2D eigenvalue weighted by molar-refractivity contribution is 6.03. The first kappa shape index (κ1) is 14.1. The fourth-order valence-electron chi connectivity index (χ4n) is 2.76. The van der Waals surface area contributed by atoms with Crippen molar-refractivity contribution in [2.75, 3.05) is 13.1 Å². The van der Waals surface area contributed by atoms with Crippen LogP contribution in [0.1, 0.15) is 49.9 Å². The van der Waals surface area contributed by atoms with Crippen LogP contribution in [-0.4, -0.2) is 34.3 Å². The number of ketones is 1. The van der Waals surface area contributed by atoms with Crippen molar-refractivity contribution in [1.29, 1.82) is 0 Å². The van der Waals surface area contributed by atoms with Gasteiger partial charge in [0.25, 0.3) is 0 Å². The molecule has 2 rings (SSSR count). The summed E-state index contributed by atoms with van der Waals surface area (Å²) in [5.41, 5.74) is -0.451. The lowest BCUT2D eigenvalue weighted by atomic mass is 9.85. The van der Waals surface area contributed by atoms with Gasteiger partial charge >= 0.3 is 0 Å². The SMILES string of the molecule is CCC(C)(C(=O)c1ccncc1F)N1CCCCC1. The molecule has 19 heavy (non-hydrogen) atoms. The number of Topliss-reactive ketones (excluding diaryl/α,β-unsaturated/α-hetero) is 1. The van der Waals surface area contributed by atoms with E-state index < -0.39 is 11.4 Å². The van der Waals surface area contributed by atoms with Crippen molar-refractivity contribution in [3.8, 4) is 0 Å². The van der Waals surface area contributed by atoms with Gasteiger partial charge in [-0.2, -0.15) is 0 Å². The maximum absolute atomic E-state index is 13.8. The molecule has 3 nitrogen and oxygen atoms in total. The number of likely N-dealkylation sites (tertiary alicyclic amines) is 1. The first-order chi connectivity index (χ1) is 9.09. The van der Waals surface area contributed by atoms with Gasteiger partial charge in [-0.15, -0.1) is 0 Å². The number of rotatable bonds is 4. The van der Waals surface area contributed by atoms with Crippen molar-refractivity contribution in [3.63, 3.8) is 0 Å². The second kappa shape index (κ2) is 5.78. The fourth-order valence-corrected chi connectivity index (χ4v) is 2.76. The molecule has 0 amide bonds. The maximum atomic E-state index is 13.8. The molecule has 104 valence electrons. The third-order valence-electron chi connectivity index (χ3n) is 4.25. The van der Waals surface area contributed by atoms with Crippen LogP contribution in [0.25, 0.3) is 0 Å². The molecule has 0 aromatic carbocycles. The van der Waals surface area contributed by atoms with Crippen molar-refractivity contribution >= 4 is 5.78 Å². The Hall–Kier alpha value is -1.29. The lowest BCUT2D eigenvalue weighted by molar-refractivity contribution is 0.0501. The highest BCUT2D eigenvalue weighted by Gasteiger charge is 2.39. The monoisotopic (exact) mass is 264 g/mol. The molecule has 1 unspecified atom stereocenters. The van der Waals surface area contributed by atoms with Gasteiger partial charge in [-0.25, -0.2) is 4.39 Å². The van der Waals surface area contributed by atoms with Crippen molar-refractivity contribution in [1.82, 2.24) is 9.88 Å². The standard InChI is InChI=1S/C15H21FN2O/c1-3-15(2,18-9-5-4-6-10-18)14(19)12-7-8-17-11-13(12)16/h7-8,11H,3-6,9-10H2,1-2H3. The van der Waals surface area contributed by atoms with E-state index in [2.05, 4.69) is 9.88 Å². The van der Waals surface area contributed by atoms with Gasteiger partial charge in [-0.05, 0) is 45.3 Å². The molecule has 1 aromatic heterocycles. The lowest BCUT2D eigenvalue weighted by Gasteiger charge is -2.41. The fraction of sp³-hybridized carbons (Fsp3) is 0.600. The third kappa shape index (κ3) is 2.68. The Labute approximate surface area is 113 Å². The summed E-state index contributed by atoms with van der Waals surface area (Å²) in [6.07, 6.45) is 6.72. The Bertz CT molecular complexity index is 457. The van der Waals surface area contributed by atoms with E-state index in [0.29, 0.717) is 6.42 Å². The summed E-state index contributed by atoms with van der Waals surface area (Å²) in [5.74, 6) is -0.652. The number of carbonyl (C=O) groups excluding carboxylic acids is 1. The summed E-state index contributed by atoms with van der Waals surface area (Å²) < 4.78 is 13.8. The van der Waals surface area contributed by atoms with Crippen LogP contribution in [0.15, 0.2) is 18.5 Å². The van der Waals surface area contributed by atoms with E-state index in [1.807, 2.05) is 13.8 Å². The quantitative estimate of drug-likeness (QED) is 0.784. The molecular formula is C15H21FN2O. The van der Waals surface area contributed by atoms with Gasteiger partial charge in [0.2, 0.25) is 0 Å². The Morgan fingerprint density at radius 3 is 2.68 bits per heavy atom. The molecule has 1 aliphatic rings. The molecule has 1 saturated heterocycles. The number of carbonyl (C=O) groups is 1. The lowest BCUT2D eigenvalue weighted by Crippen LogP contribution is -2.54. The third-order valence-corrected chi connectivity index (χ3v) is 4.25. The van der Waals surface area contributed by atoms with E-state index >= 15 is 0 Å². The summed E-state index contributed by atoms with van der Waals surface area (Å²) in [6.45, 7) is 5.76. The molecule has 0 radical (unpaired) electrons. The van der Waals surface area contributed by atoms with Crippen molar-refractivity contribution in [2.45, 2.75) is 45.1 Å². The number of hydrogen-bond donors (Lipinski definition) is 0. The molecule has 1 aromatic rings. The Balaban J connectivity index is 2.30. The van der Waals surface area contributed by atoms with Crippen LogP contribution in [0.5, 0.6) is 0 Å². The zero-order valence-electron chi connectivity index (χ0n) is 11.7. The maximum Gasteiger partial charge on any atom is 0.185 e. The van der Waals surface area contributed by atoms with Crippen LogP contribution in [0, 0.1) is 5.82 Å². The molecule has 0 saturated carbocycles. The number of hydrogen-bond acceptors (Lipinski definition) is 3. The predicted octanol–water partition coefficient (Wildman–Crippen LogP) is 3.06. The minimum Gasteiger partial charge on any atom is -0.292 e. The molecular weight excluding hydrogens is 243 g/mol. The zero-order chi connectivity index (χ0) is 13.9. The van der Waals surface area contributed by atoms with Crippen LogP contribution in [-0.2, 0) is 0 Å². The molecule has 0 N–H and O–H groups in total. The van der Waals surface area contributed by atoms with Gasteiger partial charge in [0.15, 0.2) is 11.6 Å². The van der Waals surface area contributed by atoms with Crippen molar-refractivity contribution in [3.05, 3.63) is 29.8 Å². The largest absolute Gasteiger partial charge is 0.292 e. The molecule has 0 aliphatic carbocycles.